The molecular formula is C14H18F2O. The van der Waals surface area contributed by atoms with Crippen molar-refractivity contribution in [2.24, 2.45) is 5.92 Å². The minimum absolute atomic E-state index is 0.117. The molecule has 2 unspecified atom stereocenters. The molecule has 1 fully saturated rings. The van der Waals surface area contributed by atoms with Gasteiger partial charge in [0.05, 0.1) is 5.60 Å². The Morgan fingerprint density at radius 1 is 1.24 bits per heavy atom. The lowest BCUT2D eigenvalue weighted by Gasteiger charge is -2.27. The third kappa shape index (κ3) is 2.49. The Kier molecular flexibility index (Phi) is 3.48. The van der Waals surface area contributed by atoms with Gasteiger partial charge in [0.2, 0.25) is 0 Å². The fourth-order valence-corrected chi connectivity index (χ4v) is 2.63. The summed E-state index contributed by atoms with van der Waals surface area (Å²) in [6, 6.07) is 4.04. The Hall–Kier alpha value is -0.960. The van der Waals surface area contributed by atoms with Gasteiger partial charge in [-0.1, -0.05) is 25.5 Å². The SMILES string of the molecule is CC1CCCC(O)(c2cccc(F)c2F)CC1. The van der Waals surface area contributed by atoms with Gasteiger partial charge in [-0.15, -0.1) is 0 Å². The van der Waals surface area contributed by atoms with Crippen molar-refractivity contribution < 1.29 is 13.9 Å². The first-order chi connectivity index (χ1) is 8.03. The molecule has 1 aromatic rings. The number of rotatable bonds is 1. The Morgan fingerprint density at radius 2 is 2.00 bits per heavy atom. The summed E-state index contributed by atoms with van der Waals surface area (Å²) in [5.74, 6) is -1.24. The molecule has 0 spiro atoms. The second kappa shape index (κ2) is 4.73. The van der Waals surface area contributed by atoms with E-state index < -0.39 is 17.2 Å². The van der Waals surface area contributed by atoms with Crippen LogP contribution in [0.2, 0.25) is 0 Å². The van der Waals surface area contributed by atoms with Gasteiger partial charge in [0.25, 0.3) is 0 Å². The lowest BCUT2D eigenvalue weighted by molar-refractivity contribution is 0.0158. The van der Waals surface area contributed by atoms with Crippen molar-refractivity contribution in [3.63, 3.8) is 0 Å². The van der Waals surface area contributed by atoms with Crippen molar-refractivity contribution in [2.75, 3.05) is 0 Å². The van der Waals surface area contributed by atoms with Crippen molar-refractivity contribution >= 4 is 0 Å². The average Bonchev–Trinajstić information content (AvgIpc) is 2.46. The van der Waals surface area contributed by atoms with E-state index in [0.717, 1.165) is 25.3 Å². The van der Waals surface area contributed by atoms with Gasteiger partial charge >= 0.3 is 0 Å². The molecule has 0 bridgehead atoms. The maximum Gasteiger partial charge on any atom is 0.164 e. The average molecular weight is 240 g/mol. The van der Waals surface area contributed by atoms with Crippen molar-refractivity contribution in [3.05, 3.63) is 35.4 Å². The highest BCUT2D eigenvalue weighted by Crippen LogP contribution is 2.39. The van der Waals surface area contributed by atoms with Crippen LogP contribution in [0, 0.1) is 17.6 Å². The molecule has 2 atom stereocenters. The Bertz CT molecular complexity index is 405. The first kappa shape index (κ1) is 12.5. The molecule has 0 saturated heterocycles. The van der Waals surface area contributed by atoms with Gasteiger partial charge in [-0.25, -0.2) is 8.78 Å². The summed E-state index contributed by atoms with van der Waals surface area (Å²) in [5.41, 5.74) is -1.08. The number of hydrogen-bond donors (Lipinski definition) is 1. The van der Waals surface area contributed by atoms with Crippen LogP contribution in [0.25, 0.3) is 0 Å². The molecule has 3 heteroatoms. The zero-order valence-corrected chi connectivity index (χ0v) is 10.0. The lowest BCUT2D eigenvalue weighted by Crippen LogP contribution is -2.26. The zero-order chi connectivity index (χ0) is 12.5. The van der Waals surface area contributed by atoms with Gasteiger partial charge in [-0.3, -0.25) is 0 Å². The van der Waals surface area contributed by atoms with Crippen LogP contribution in [-0.4, -0.2) is 5.11 Å². The van der Waals surface area contributed by atoms with E-state index in [2.05, 4.69) is 6.92 Å². The van der Waals surface area contributed by atoms with Gasteiger partial charge in [-0.05, 0) is 37.7 Å². The smallest absolute Gasteiger partial charge is 0.164 e. The van der Waals surface area contributed by atoms with Crippen LogP contribution in [0.15, 0.2) is 18.2 Å². The van der Waals surface area contributed by atoms with Crippen LogP contribution < -0.4 is 0 Å². The van der Waals surface area contributed by atoms with E-state index in [9.17, 15) is 13.9 Å². The molecule has 17 heavy (non-hydrogen) atoms. The first-order valence-corrected chi connectivity index (χ1v) is 6.20. The second-order valence-electron chi connectivity index (χ2n) is 5.17. The van der Waals surface area contributed by atoms with Crippen LogP contribution in [-0.2, 0) is 5.60 Å². The Balaban J connectivity index is 2.33. The molecule has 0 radical (unpaired) electrons. The number of aliphatic hydroxyl groups is 1. The number of hydrogen-bond acceptors (Lipinski definition) is 1. The molecule has 2 rings (SSSR count). The van der Waals surface area contributed by atoms with Gasteiger partial charge in [-0.2, -0.15) is 0 Å². The maximum atomic E-state index is 13.7. The zero-order valence-electron chi connectivity index (χ0n) is 10.0. The van der Waals surface area contributed by atoms with Crippen LogP contribution in [0.4, 0.5) is 8.78 Å². The normalized spacial score (nSPS) is 30.0. The molecule has 0 aliphatic heterocycles. The predicted octanol–water partition coefficient (Wildman–Crippen LogP) is 3.75. The first-order valence-electron chi connectivity index (χ1n) is 6.20. The van der Waals surface area contributed by atoms with Gasteiger partial charge in [0.15, 0.2) is 11.6 Å². The molecule has 0 aromatic heterocycles. The molecule has 0 heterocycles. The van der Waals surface area contributed by atoms with Crippen LogP contribution in [0.5, 0.6) is 0 Å². The van der Waals surface area contributed by atoms with Crippen molar-refractivity contribution in [1.82, 2.24) is 0 Å². The molecule has 1 aliphatic rings. The van der Waals surface area contributed by atoms with Gasteiger partial charge in [0.1, 0.15) is 0 Å². The van der Waals surface area contributed by atoms with E-state index in [1.807, 2.05) is 0 Å². The second-order valence-corrected chi connectivity index (χ2v) is 5.17. The van der Waals surface area contributed by atoms with Gasteiger partial charge in [0, 0.05) is 5.56 Å². The quantitative estimate of drug-likeness (QED) is 0.741. The molecule has 0 amide bonds. The van der Waals surface area contributed by atoms with E-state index in [4.69, 9.17) is 0 Å². The molecule has 1 aromatic carbocycles. The summed E-state index contributed by atoms with van der Waals surface area (Å²) in [4.78, 5) is 0. The summed E-state index contributed by atoms with van der Waals surface area (Å²) in [5, 5.41) is 10.5. The van der Waals surface area contributed by atoms with E-state index in [1.165, 1.54) is 12.1 Å². The molecule has 94 valence electrons. The predicted molar refractivity (Wildman–Crippen MR) is 62.5 cm³/mol. The molecule has 1 aliphatic carbocycles. The van der Waals surface area contributed by atoms with E-state index >= 15 is 0 Å². The monoisotopic (exact) mass is 240 g/mol. The van der Waals surface area contributed by atoms with E-state index in [1.54, 1.807) is 0 Å². The number of halogens is 2. The topological polar surface area (TPSA) is 20.2 Å². The standard InChI is InChI=1S/C14H18F2O/c1-10-4-3-8-14(17,9-7-10)11-5-2-6-12(15)13(11)16/h2,5-6,10,17H,3-4,7-9H2,1H3. The summed E-state index contributed by atoms with van der Waals surface area (Å²) in [6.07, 6.45) is 3.77. The summed E-state index contributed by atoms with van der Waals surface area (Å²) >= 11 is 0. The summed E-state index contributed by atoms with van der Waals surface area (Å²) < 4.78 is 26.9. The van der Waals surface area contributed by atoms with Crippen molar-refractivity contribution in [3.8, 4) is 0 Å². The highest BCUT2D eigenvalue weighted by Gasteiger charge is 2.34. The fourth-order valence-electron chi connectivity index (χ4n) is 2.63. The largest absolute Gasteiger partial charge is 0.385 e. The molecule has 1 nitrogen and oxygen atoms in total. The van der Waals surface area contributed by atoms with Crippen LogP contribution in [0.3, 0.4) is 0 Å². The van der Waals surface area contributed by atoms with Crippen molar-refractivity contribution in [1.29, 1.82) is 0 Å². The van der Waals surface area contributed by atoms with Crippen molar-refractivity contribution in [2.45, 2.75) is 44.6 Å². The van der Waals surface area contributed by atoms with E-state index in [0.29, 0.717) is 18.8 Å². The number of benzene rings is 1. The van der Waals surface area contributed by atoms with Crippen LogP contribution in [0.1, 0.15) is 44.6 Å². The lowest BCUT2D eigenvalue weighted by atomic mass is 9.86. The van der Waals surface area contributed by atoms with Crippen LogP contribution >= 0.6 is 0 Å². The highest BCUT2D eigenvalue weighted by molar-refractivity contribution is 5.25. The Labute approximate surface area is 100 Å². The van der Waals surface area contributed by atoms with E-state index in [-0.39, 0.29) is 5.56 Å². The third-order valence-electron chi connectivity index (χ3n) is 3.79. The minimum atomic E-state index is -1.20. The highest BCUT2D eigenvalue weighted by atomic mass is 19.2. The minimum Gasteiger partial charge on any atom is -0.385 e. The molecule has 1 saturated carbocycles. The summed E-state index contributed by atoms with van der Waals surface area (Å²) in [6.45, 7) is 2.13. The van der Waals surface area contributed by atoms with Gasteiger partial charge < -0.3 is 5.11 Å². The molecular weight excluding hydrogens is 222 g/mol. The summed E-state index contributed by atoms with van der Waals surface area (Å²) in [7, 11) is 0. The third-order valence-corrected chi connectivity index (χ3v) is 3.79. The fraction of sp³-hybridized carbons (Fsp3) is 0.571. The maximum absolute atomic E-state index is 13.7. The molecule has 1 N–H and O–H groups in total. The Morgan fingerprint density at radius 3 is 2.76 bits per heavy atom.